The standard InChI is InChI=1S/C91H166NO8P/c1-6-8-10-12-14-16-18-20-22-24-26-28-30-32-34-36-38-40-42-44-45-46-47-48-50-52-54-56-58-60-62-64-66-68-70-72-74-76-78-80-82-84-91(94)100-89(88-99-101(95,96)98-86-85-92(3,4)5)87-97-90(93)83-81-79-77-75-73-71-69-67-65-63-61-59-57-55-53-51-49-43-41-39-37-35-33-31-29-27-25-23-21-19-17-15-13-11-9-7-2/h8,10,14,16,20,22,26,28,32,34,38,40,44-45,47-48,89H,6-7,9,11-13,15,17-19,21,23-25,27,29-31,33,35-37,39,41-43,46,49-88H2,1-5H3/p+1/b10-8-,16-14-,22-20-,28-26-,34-32-,40-38-,45-44-,48-47-. The summed E-state index contributed by atoms with van der Waals surface area (Å²) in [6, 6.07) is 0. The van der Waals surface area contributed by atoms with Gasteiger partial charge in [-0.15, -0.1) is 0 Å². The third kappa shape index (κ3) is 85.7. The van der Waals surface area contributed by atoms with Gasteiger partial charge in [-0.1, -0.05) is 426 Å². The number of ether oxygens (including phenoxy) is 2. The maximum atomic E-state index is 12.9. The first-order valence-electron chi connectivity index (χ1n) is 43.5. The van der Waals surface area contributed by atoms with Gasteiger partial charge in [0.1, 0.15) is 19.8 Å². The van der Waals surface area contributed by atoms with Crippen LogP contribution >= 0.6 is 7.82 Å². The van der Waals surface area contributed by atoms with Crippen molar-refractivity contribution in [1.82, 2.24) is 0 Å². The third-order valence-electron chi connectivity index (χ3n) is 19.4. The van der Waals surface area contributed by atoms with Gasteiger partial charge >= 0.3 is 19.8 Å². The van der Waals surface area contributed by atoms with Gasteiger partial charge in [0.25, 0.3) is 0 Å². The SMILES string of the molecule is CC/C=C\C/C=C\C/C=C\C/C=C\C/C=C\C/C=C\C/C=C\C/C=C\CCCCCCCCCCCCCCCCCCC(=O)OC(COC(=O)CCCCCCCCCCCCCCCCCCCCCCCCCCCCCCCCCCCCCC)COP(=O)(O)OCC[N+](C)(C)C. The summed E-state index contributed by atoms with van der Waals surface area (Å²) in [4.78, 5) is 36.0. The van der Waals surface area contributed by atoms with E-state index in [9.17, 15) is 19.0 Å². The Bertz CT molecular complexity index is 2030. The van der Waals surface area contributed by atoms with Crippen molar-refractivity contribution in [1.29, 1.82) is 0 Å². The second-order valence-electron chi connectivity index (χ2n) is 30.6. The number of hydrogen-bond donors (Lipinski definition) is 1. The van der Waals surface area contributed by atoms with E-state index in [1.165, 1.54) is 302 Å². The van der Waals surface area contributed by atoms with Crippen LogP contribution in [0, 0.1) is 0 Å². The molecule has 0 saturated carbocycles. The average molecular weight is 1430 g/mol. The van der Waals surface area contributed by atoms with Crippen molar-refractivity contribution < 1.29 is 42.1 Å². The van der Waals surface area contributed by atoms with Crippen LogP contribution in [0.5, 0.6) is 0 Å². The molecular weight excluding hydrogens is 1270 g/mol. The molecule has 0 aliphatic heterocycles. The minimum Gasteiger partial charge on any atom is -0.462 e. The van der Waals surface area contributed by atoms with Gasteiger partial charge in [0.15, 0.2) is 6.10 Å². The Labute approximate surface area is 627 Å². The zero-order chi connectivity index (χ0) is 73.3. The summed E-state index contributed by atoms with van der Waals surface area (Å²) in [6.07, 6.45) is 114. The van der Waals surface area contributed by atoms with Gasteiger partial charge in [-0.05, 0) is 77.0 Å². The second kappa shape index (κ2) is 81.0. The van der Waals surface area contributed by atoms with E-state index in [-0.39, 0.29) is 25.6 Å². The van der Waals surface area contributed by atoms with Crippen LogP contribution in [0.3, 0.4) is 0 Å². The van der Waals surface area contributed by atoms with Crippen LogP contribution in [0.15, 0.2) is 97.2 Å². The van der Waals surface area contributed by atoms with Crippen LogP contribution in [0.2, 0.25) is 0 Å². The number of quaternary nitrogens is 1. The van der Waals surface area contributed by atoms with E-state index in [0.29, 0.717) is 23.9 Å². The zero-order valence-corrected chi connectivity index (χ0v) is 68.3. The molecule has 0 aromatic carbocycles. The highest BCUT2D eigenvalue weighted by Gasteiger charge is 2.27. The van der Waals surface area contributed by atoms with Gasteiger partial charge in [0, 0.05) is 12.8 Å². The van der Waals surface area contributed by atoms with E-state index >= 15 is 0 Å². The lowest BCUT2D eigenvalue weighted by atomic mass is 10.0. The molecule has 9 nitrogen and oxygen atoms in total. The highest BCUT2D eigenvalue weighted by Crippen LogP contribution is 2.43. The normalized spacial score (nSPS) is 13.4. The number of nitrogens with zero attached hydrogens (tertiary/aromatic N) is 1. The fourth-order valence-electron chi connectivity index (χ4n) is 12.8. The molecule has 0 aliphatic carbocycles. The number of esters is 2. The summed E-state index contributed by atoms with van der Waals surface area (Å²) in [5.74, 6) is -0.778. The quantitative estimate of drug-likeness (QED) is 0.0211. The van der Waals surface area contributed by atoms with Gasteiger partial charge in [-0.3, -0.25) is 18.6 Å². The predicted molar refractivity (Wildman–Crippen MR) is 441 cm³/mol. The molecule has 0 saturated heterocycles. The van der Waals surface area contributed by atoms with Crippen molar-refractivity contribution in [2.45, 2.75) is 424 Å². The van der Waals surface area contributed by atoms with Crippen molar-refractivity contribution in [2.75, 3.05) is 47.5 Å². The van der Waals surface area contributed by atoms with Crippen molar-refractivity contribution in [3.63, 3.8) is 0 Å². The molecule has 0 aromatic heterocycles. The summed E-state index contributed by atoms with van der Waals surface area (Å²) in [5, 5.41) is 0. The molecule has 0 spiro atoms. The van der Waals surface area contributed by atoms with E-state index < -0.39 is 26.5 Å². The van der Waals surface area contributed by atoms with Gasteiger partial charge in [0.05, 0.1) is 27.7 Å². The Kier molecular flexibility index (Phi) is 78.6. The number of hydrogen-bond acceptors (Lipinski definition) is 7. The first kappa shape index (κ1) is 97.9. The number of likely N-dealkylation sites (N-methyl/N-ethyl adjacent to an activating group) is 1. The number of rotatable bonds is 81. The predicted octanol–water partition coefficient (Wildman–Crippen LogP) is 29.3. The van der Waals surface area contributed by atoms with Crippen LogP contribution in [0.1, 0.15) is 418 Å². The van der Waals surface area contributed by atoms with E-state index in [2.05, 4.69) is 111 Å². The number of unbranched alkanes of at least 4 members (excludes halogenated alkanes) is 51. The lowest BCUT2D eigenvalue weighted by Gasteiger charge is -2.24. The average Bonchev–Trinajstić information content (AvgIpc) is 1.02. The maximum Gasteiger partial charge on any atom is 0.472 e. The Morgan fingerprint density at radius 3 is 0.842 bits per heavy atom. The maximum absolute atomic E-state index is 12.9. The molecule has 101 heavy (non-hydrogen) atoms. The number of carbonyl (C=O) groups excluding carboxylic acids is 2. The number of phosphoric acid groups is 1. The van der Waals surface area contributed by atoms with Crippen molar-refractivity contribution in [3.05, 3.63) is 97.2 Å². The van der Waals surface area contributed by atoms with Crippen molar-refractivity contribution in [2.24, 2.45) is 0 Å². The molecule has 2 unspecified atom stereocenters. The molecule has 588 valence electrons. The van der Waals surface area contributed by atoms with Gasteiger partial charge in [0.2, 0.25) is 0 Å². The first-order chi connectivity index (χ1) is 49.5. The lowest BCUT2D eigenvalue weighted by molar-refractivity contribution is -0.870. The molecule has 0 bridgehead atoms. The van der Waals surface area contributed by atoms with Crippen LogP contribution in [-0.2, 0) is 32.7 Å². The molecule has 0 rings (SSSR count). The van der Waals surface area contributed by atoms with Crippen LogP contribution in [-0.4, -0.2) is 74.9 Å². The lowest BCUT2D eigenvalue weighted by Crippen LogP contribution is -2.37. The largest absolute Gasteiger partial charge is 0.472 e. The topological polar surface area (TPSA) is 108 Å². The second-order valence-corrected chi connectivity index (χ2v) is 32.0. The summed E-state index contributed by atoms with van der Waals surface area (Å²) in [7, 11) is 1.49. The molecule has 1 N–H and O–H groups in total. The number of phosphoric ester groups is 1. The van der Waals surface area contributed by atoms with E-state index in [4.69, 9.17) is 18.5 Å². The number of carbonyl (C=O) groups is 2. The van der Waals surface area contributed by atoms with Gasteiger partial charge in [-0.2, -0.15) is 0 Å². The molecule has 0 fully saturated rings. The van der Waals surface area contributed by atoms with Crippen LogP contribution in [0.4, 0.5) is 0 Å². The Hall–Kier alpha value is -3.07. The Balaban J connectivity index is 3.91. The van der Waals surface area contributed by atoms with Crippen molar-refractivity contribution in [3.8, 4) is 0 Å². The minimum atomic E-state index is -4.40. The number of allylic oxidation sites excluding steroid dienone is 16. The summed E-state index contributed by atoms with van der Waals surface area (Å²) < 4.78 is 34.9. The molecule has 0 aromatic rings. The fourth-order valence-corrected chi connectivity index (χ4v) is 13.5. The van der Waals surface area contributed by atoms with Gasteiger partial charge < -0.3 is 18.9 Å². The molecule has 0 radical (unpaired) electrons. The summed E-state index contributed by atoms with van der Waals surface area (Å²) >= 11 is 0. The summed E-state index contributed by atoms with van der Waals surface area (Å²) in [5.41, 5.74) is 0. The van der Waals surface area contributed by atoms with E-state index in [1.807, 2.05) is 21.1 Å². The summed E-state index contributed by atoms with van der Waals surface area (Å²) in [6.45, 7) is 4.39. The van der Waals surface area contributed by atoms with E-state index in [1.54, 1.807) is 0 Å². The molecule has 0 amide bonds. The minimum absolute atomic E-state index is 0.0318. The third-order valence-corrected chi connectivity index (χ3v) is 20.4. The fraction of sp³-hybridized carbons (Fsp3) is 0.802. The monoisotopic (exact) mass is 1430 g/mol. The van der Waals surface area contributed by atoms with Gasteiger partial charge in [-0.25, -0.2) is 4.57 Å². The first-order valence-corrected chi connectivity index (χ1v) is 45.0. The molecule has 0 aliphatic rings. The molecule has 10 heteroatoms. The van der Waals surface area contributed by atoms with Crippen molar-refractivity contribution >= 4 is 19.8 Å². The molecular formula is C91H167NO8P+. The highest BCUT2D eigenvalue weighted by atomic mass is 31.2. The Morgan fingerprint density at radius 2 is 0.564 bits per heavy atom. The molecule has 2 atom stereocenters. The Morgan fingerprint density at radius 1 is 0.317 bits per heavy atom. The van der Waals surface area contributed by atoms with Crippen LogP contribution < -0.4 is 0 Å². The van der Waals surface area contributed by atoms with Crippen LogP contribution in [0.25, 0.3) is 0 Å². The highest BCUT2D eigenvalue weighted by molar-refractivity contribution is 7.47. The smallest absolute Gasteiger partial charge is 0.462 e. The zero-order valence-electron chi connectivity index (χ0n) is 67.4. The molecule has 0 heterocycles. The van der Waals surface area contributed by atoms with E-state index in [0.717, 1.165) is 83.5 Å².